The van der Waals surface area contributed by atoms with Gasteiger partial charge in [0.15, 0.2) is 0 Å². The van der Waals surface area contributed by atoms with Crippen molar-refractivity contribution in [2.45, 2.75) is 19.4 Å². The number of fused-ring (bicyclic) bond motifs is 1. The molecular formula is C23H19N3O. The van der Waals surface area contributed by atoms with Gasteiger partial charge in [0, 0.05) is 5.69 Å². The molecule has 132 valence electrons. The fourth-order valence-corrected chi connectivity index (χ4v) is 3.68. The summed E-state index contributed by atoms with van der Waals surface area (Å²) >= 11 is 0. The minimum absolute atomic E-state index is 0.195. The molecule has 0 unspecified atom stereocenters. The van der Waals surface area contributed by atoms with Crippen molar-refractivity contribution < 1.29 is 0 Å². The zero-order chi connectivity index (χ0) is 19.0. The second-order valence-electron chi connectivity index (χ2n) is 6.93. The van der Waals surface area contributed by atoms with Gasteiger partial charge in [-0.1, -0.05) is 60.7 Å². The van der Waals surface area contributed by atoms with E-state index >= 15 is 0 Å². The van der Waals surface area contributed by atoms with E-state index in [-0.39, 0.29) is 5.56 Å². The third-order valence-electron chi connectivity index (χ3n) is 5.06. The summed E-state index contributed by atoms with van der Waals surface area (Å²) in [4.78, 5) is 15.7. The minimum Gasteiger partial charge on any atom is -0.371 e. The van der Waals surface area contributed by atoms with Gasteiger partial charge in [-0.05, 0) is 36.6 Å². The molecule has 27 heavy (non-hydrogen) atoms. The lowest BCUT2D eigenvalue weighted by molar-refractivity contribution is 0.683. The first-order valence-corrected chi connectivity index (χ1v) is 8.83. The highest BCUT2D eigenvalue weighted by Gasteiger charge is 2.34. The van der Waals surface area contributed by atoms with Crippen LogP contribution in [-0.2, 0) is 5.54 Å². The van der Waals surface area contributed by atoms with E-state index in [1.165, 1.54) is 0 Å². The van der Waals surface area contributed by atoms with E-state index in [1.807, 2.05) is 60.7 Å². The Morgan fingerprint density at radius 1 is 1.00 bits per heavy atom. The average Bonchev–Trinajstić information content (AvgIpc) is 2.69. The molecule has 1 aliphatic heterocycles. The third-order valence-corrected chi connectivity index (χ3v) is 5.06. The quantitative estimate of drug-likeness (QED) is 0.720. The van der Waals surface area contributed by atoms with Crippen molar-refractivity contribution in [3.8, 4) is 6.07 Å². The van der Waals surface area contributed by atoms with E-state index < -0.39 is 5.54 Å². The molecule has 4 heteroatoms. The summed E-state index contributed by atoms with van der Waals surface area (Å²) < 4.78 is 0. The first-order chi connectivity index (χ1) is 13.0. The number of anilines is 1. The Bertz CT molecular complexity index is 1140. The summed E-state index contributed by atoms with van der Waals surface area (Å²) in [5.74, 6) is 0. The zero-order valence-electron chi connectivity index (χ0n) is 15.2. The lowest BCUT2D eigenvalue weighted by Crippen LogP contribution is -2.36. The van der Waals surface area contributed by atoms with Crippen molar-refractivity contribution in [1.29, 1.82) is 5.26 Å². The summed E-state index contributed by atoms with van der Waals surface area (Å²) in [5.41, 5.74) is 4.22. The molecular weight excluding hydrogens is 334 g/mol. The summed E-state index contributed by atoms with van der Waals surface area (Å²) in [7, 11) is 0. The van der Waals surface area contributed by atoms with Crippen molar-refractivity contribution in [2.75, 3.05) is 5.32 Å². The van der Waals surface area contributed by atoms with Crippen LogP contribution >= 0.6 is 0 Å². The number of hydrogen-bond acceptors (Lipinski definition) is 3. The van der Waals surface area contributed by atoms with E-state index in [0.29, 0.717) is 22.5 Å². The van der Waals surface area contributed by atoms with Crippen molar-refractivity contribution in [3.63, 3.8) is 0 Å². The SMILES string of the molecule is Cc1[nH]c(=O)c2c(c1C#N)N[C@@](C)(c1ccccc1)C=C2c1ccccc1. The Balaban J connectivity index is 2.07. The van der Waals surface area contributed by atoms with Gasteiger partial charge in [-0.3, -0.25) is 4.79 Å². The van der Waals surface area contributed by atoms with Crippen LogP contribution in [0.2, 0.25) is 0 Å². The number of aromatic amines is 1. The van der Waals surface area contributed by atoms with Crippen LogP contribution in [0.15, 0.2) is 71.5 Å². The maximum absolute atomic E-state index is 12.8. The van der Waals surface area contributed by atoms with E-state index in [1.54, 1.807) is 6.92 Å². The molecule has 0 saturated heterocycles. The number of rotatable bonds is 2. The Morgan fingerprint density at radius 2 is 1.63 bits per heavy atom. The number of benzene rings is 2. The molecule has 0 radical (unpaired) electrons. The number of aromatic nitrogens is 1. The molecule has 0 spiro atoms. The molecule has 1 atom stereocenters. The second-order valence-corrected chi connectivity index (χ2v) is 6.93. The van der Waals surface area contributed by atoms with Gasteiger partial charge in [0.25, 0.3) is 5.56 Å². The van der Waals surface area contributed by atoms with Crippen molar-refractivity contribution in [2.24, 2.45) is 0 Å². The highest BCUT2D eigenvalue weighted by Crippen LogP contribution is 2.41. The molecule has 4 rings (SSSR count). The van der Waals surface area contributed by atoms with Gasteiger partial charge in [0.2, 0.25) is 0 Å². The molecule has 2 heterocycles. The van der Waals surface area contributed by atoms with Gasteiger partial charge in [-0.25, -0.2) is 0 Å². The Labute approximate surface area is 157 Å². The van der Waals surface area contributed by atoms with Crippen LogP contribution in [0.25, 0.3) is 5.57 Å². The molecule has 3 aromatic rings. The summed E-state index contributed by atoms with van der Waals surface area (Å²) in [6.45, 7) is 3.81. The van der Waals surface area contributed by atoms with Crippen LogP contribution in [0.4, 0.5) is 5.69 Å². The minimum atomic E-state index is -0.550. The molecule has 0 bridgehead atoms. The number of H-pyrrole nitrogens is 1. The standard InChI is InChI=1S/C23H19N3O/c1-15-19(14-24)21-20(22(27)25-15)18(16-9-5-3-6-10-16)13-23(2,26-21)17-11-7-4-8-12-17/h3-13,26H,1-2H3,(H,25,27)/t23-/m1/s1. The lowest BCUT2D eigenvalue weighted by atomic mass is 9.81. The molecule has 1 aromatic heterocycles. The number of pyridine rings is 1. The van der Waals surface area contributed by atoms with Gasteiger partial charge in [0.05, 0.1) is 22.4 Å². The van der Waals surface area contributed by atoms with Gasteiger partial charge in [-0.2, -0.15) is 5.26 Å². The molecule has 0 fully saturated rings. The lowest BCUT2D eigenvalue weighted by Gasteiger charge is -2.36. The van der Waals surface area contributed by atoms with Gasteiger partial charge in [-0.15, -0.1) is 0 Å². The predicted molar refractivity (Wildman–Crippen MR) is 107 cm³/mol. The van der Waals surface area contributed by atoms with E-state index in [4.69, 9.17) is 0 Å². The normalized spacial score (nSPS) is 18.0. The monoisotopic (exact) mass is 353 g/mol. The van der Waals surface area contributed by atoms with Crippen LogP contribution in [0.3, 0.4) is 0 Å². The van der Waals surface area contributed by atoms with E-state index in [0.717, 1.165) is 16.7 Å². The highest BCUT2D eigenvalue weighted by atomic mass is 16.1. The summed E-state index contributed by atoms with van der Waals surface area (Å²) in [6.07, 6.45) is 2.08. The van der Waals surface area contributed by atoms with Crippen molar-refractivity contribution >= 4 is 11.3 Å². The predicted octanol–water partition coefficient (Wildman–Crippen LogP) is 4.33. The molecule has 2 aromatic carbocycles. The van der Waals surface area contributed by atoms with Crippen LogP contribution < -0.4 is 10.9 Å². The second kappa shape index (κ2) is 6.30. The van der Waals surface area contributed by atoms with Crippen LogP contribution in [0.5, 0.6) is 0 Å². The number of nitriles is 1. The van der Waals surface area contributed by atoms with Gasteiger partial charge in [0.1, 0.15) is 6.07 Å². The third kappa shape index (κ3) is 2.74. The fraction of sp³-hybridized carbons (Fsp3) is 0.130. The number of hydrogen-bond donors (Lipinski definition) is 2. The molecule has 0 saturated carbocycles. The highest BCUT2D eigenvalue weighted by molar-refractivity contribution is 5.91. The van der Waals surface area contributed by atoms with Crippen LogP contribution in [0.1, 0.15) is 34.9 Å². The van der Waals surface area contributed by atoms with Crippen molar-refractivity contribution in [3.05, 3.63) is 105 Å². The van der Waals surface area contributed by atoms with Gasteiger partial charge < -0.3 is 10.3 Å². The molecule has 0 aliphatic carbocycles. The molecule has 2 N–H and O–H groups in total. The summed E-state index contributed by atoms with van der Waals surface area (Å²) in [6, 6.07) is 22.1. The topological polar surface area (TPSA) is 68.7 Å². The zero-order valence-corrected chi connectivity index (χ0v) is 15.2. The Morgan fingerprint density at radius 3 is 2.26 bits per heavy atom. The van der Waals surface area contributed by atoms with E-state index in [9.17, 15) is 10.1 Å². The van der Waals surface area contributed by atoms with E-state index in [2.05, 4.69) is 29.4 Å². The first-order valence-electron chi connectivity index (χ1n) is 8.83. The number of aryl methyl sites for hydroxylation is 1. The van der Waals surface area contributed by atoms with Crippen LogP contribution in [0, 0.1) is 18.3 Å². The molecule has 0 amide bonds. The smallest absolute Gasteiger partial charge is 0.258 e. The fourth-order valence-electron chi connectivity index (χ4n) is 3.68. The Hall–Kier alpha value is -3.58. The largest absolute Gasteiger partial charge is 0.371 e. The summed E-state index contributed by atoms with van der Waals surface area (Å²) in [5, 5.41) is 13.2. The maximum atomic E-state index is 12.8. The van der Waals surface area contributed by atoms with Crippen molar-refractivity contribution in [1.82, 2.24) is 4.98 Å². The maximum Gasteiger partial charge on any atom is 0.258 e. The Kier molecular flexibility index (Phi) is 3.93. The molecule has 4 nitrogen and oxygen atoms in total. The first kappa shape index (κ1) is 16.9. The molecule has 1 aliphatic rings. The number of nitrogens with one attached hydrogen (secondary N) is 2. The van der Waals surface area contributed by atoms with Gasteiger partial charge >= 0.3 is 0 Å². The average molecular weight is 353 g/mol. The number of nitrogens with zero attached hydrogens (tertiary/aromatic N) is 1. The van der Waals surface area contributed by atoms with Crippen LogP contribution in [-0.4, -0.2) is 4.98 Å².